The maximum Gasteiger partial charge on any atom is 0.261 e. The predicted molar refractivity (Wildman–Crippen MR) is 109 cm³/mol. The average Bonchev–Trinajstić information content (AvgIpc) is 2.94. The molecule has 0 spiro atoms. The third-order valence-corrected chi connectivity index (χ3v) is 6.03. The van der Waals surface area contributed by atoms with Crippen LogP contribution in [0.15, 0.2) is 46.9 Å². The van der Waals surface area contributed by atoms with E-state index < -0.39 is 0 Å². The zero-order chi connectivity index (χ0) is 19.7. The highest BCUT2D eigenvalue weighted by atomic mass is 79.9. The van der Waals surface area contributed by atoms with Gasteiger partial charge < -0.3 is 5.32 Å². The molecule has 0 bridgehead atoms. The molecular formula is C22H21BrN2O3. The van der Waals surface area contributed by atoms with E-state index in [4.69, 9.17) is 0 Å². The molecule has 1 unspecified atom stereocenters. The van der Waals surface area contributed by atoms with Crippen LogP contribution in [0.25, 0.3) is 0 Å². The van der Waals surface area contributed by atoms with E-state index in [1.54, 1.807) is 18.2 Å². The first-order valence-electron chi connectivity index (χ1n) is 9.55. The van der Waals surface area contributed by atoms with Crippen LogP contribution in [0.3, 0.4) is 0 Å². The summed E-state index contributed by atoms with van der Waals surface area (Å²) in [6.45, 7) is 0.683. The van der Waals surface area contributed by atoms with Crippen molar-refractivity contribution in [2.45, 2.75) is 31.6 Å². The predicted octanol–water partition coefficient (Wildman–Crippen LogP) is 3.67. The van der Waals surface area contributed by atoms with Gasteiger partial charge in [-0.25, -0.2) is 0 Å². The molecule has 2 aromatic carbocycles. The van der Waals surface area contributed by atoms with E-state index in [1.807, 2.05) is 6.07 Å². The molecule has 1 N–H and O–H groups in total. The molecule has 0 radical (unpaired) electrons. The smallest absolute Gasteiger partial charge is 0.261 e. The van der Waals surface area contributed by atoms with Gasteiger partial charge in [0.2, 0.25) is 5.91 Å². The highest BCUT2D eigenvalue weighted by Crippen LogP contribution is 2.31. The monoisotopic (exact) mass is 440 g/mol. The number of benzene rings is 2. The second-order valence-electron chi connectivity index (χ2n) is 7.29. The molecular weight excluding hydrogens is 420 g/mol. The van der Waals surface area contributed by atoms with E-state index >= 15 is 0 Å². The van der Waals surface area contributed by atoms with E-state index in [-0.39, 0.29) is 30.7 Å². The van der Waals surface area contributed by atoms with Gasteiger partial charge in [0.15, 0.2) is 0 Å². The molecule has 2 aliphatic rings. The fraction of sp³-hybridized carbons (Fsp3) is 0.318. The number of carbonyl (C=O) groups excluding carboxylic acids is 3. The summed E-state index contributed by atoms with van der Waals surface area (Å²) in [6.07, 6.45) is 3.39. The second-order valence-corrected chi connectivity index (χ2v) is 8.21. The van der Waals surface area contributed by atoms with Gasteiger partial charge >= 0.3 is 0 Å². The first-order valence-corrected chi connectivity index (χ1v) is 10.3. The van der Waals surface area contributed by atoms with Crippen molar-refractivity contribution >= 4 is 33.7 Å². The third-order valence-electron chi connectivity index (χ3n) is 5.53. The molecule has 0 aromatic heterocycles. The van der Waals surface area contributed by atoms with Crippen LogP contribution in [-0.2, 0) is 11.2 Å². The van der Waals surface area contributed by atoms with E-state index in [2.05, 4.69) is 39.4 Å². The second kappa shape index (κ2) is 7.87. The van der Waals surface area contributed by atoms with Crippen molar-refractivity contribution in [3.8, 4) is 0 Å². The minimum absolute atomic E-state index is 0.0943. The number of nitrogens with zero attached hydrogens (tertiary/aromatic N) is 1. The van der Waals surface area contributed by atoms with Crippen LogP contribution in [0.5, 0.6) is 0 Å². The van der Waals surface area contributed by atoms with E-state index in [0.717, 1.165) is 28.6 Å². The maximum atomic E-state index is 12.5. The zero-order valence-corrected chi connectivity index (χ0v) is 17.0. The summed E-state index contributed by atoms with van der Waals surface area (Å²) in [5.74, 6) is -0.483. The maximum absolute atomic E-state index is 12.5. The number of aryl methyl sites for hydroxylation is 1. The Labute approximate surface area is 172 Å². The molecule has 0 saturated heterocycles. The number of amides is 3. The molecule has 0 fully saturated rings. The van der Waals surface area contributed by atoms with Gasteiger partial charge in [0.1, 0.15) is 0 Å². The van der Waals surface area contributed by atoms with Crippen LogP contribution >= 0.6 is 15.9 Å². The Morgan fingerprint density at radius 2 is 1.89 bits per heavy atom. The van der Waals surface area contributed by atoms with Gasteiger partial charge in [0.25, 0.3) is 11.8 Å². The summed E-state index contributed by atoms with van der Waals surface area (Å²) in [7, 11) is 0. The Bertz CT molecular complexity index is 957. The van der Waals surface area contributed by atoms with Crippen molar-refractivity contribution in [1.82, 2.24) is 10.2 Å². The van der Waals surface area contributed by atoms with Crippen LogP contribution < -0.4 is 5.32 Å². The van der Waals surface area contributed by atoms with Gasteiger partial charge in [0.05, 0.1) is 11.1 Å². The molecule has 28 heavy (non-hydrogen) atoms. The van der Waals surface area contributed by atoms with Crippen LogP contribution in [-0.4, -0.2) is 35.7 Å². The lowest BCUT2D eigenvalue weighted by Gasteiger charge is -2.25. The zero-order valence-electron chi connectivity index (χ0n) is 15.4. The number of hydrogen-bond acceptors (Lipinski definition) is 3. The van der Waals surface area contributed by atoms with Crippen molar-refractivity contribution in [2.24, 2.45) is 0 Å². The third kappa shape index (κ3) is 3.61. The Morgan fingerprint density at radius 3 is 2.75 bits per heavy atom. The van der Waals surface area contributed by atoms with Crippen molar-refractivity contribution in [2.75, 3.05) is 13.1 Å². The Balaban J connectivity index is 1.32. The van der Waals surface area contributed by atoms with Crippen LogP contribution in [0, 0.1) is 0 Å². The molecule has 1 heterocycles. The highest BCUT2D eigenvalue weighted by Gasteiger charge is 2.35. The van der Waals surface area contributed by atoms with Gasteiger partial charge in [-0.15, -0.1) is 0 Å². The first kappa shape index (κ1) is 18.9. The Kier molecular flexibility index (Phi) is 5.31. The van der Waals surface area contributed by atoms with Crippen molar-refractivity contribution < 1.29 is 14.4 Å². The molecule has 5 nitrogen and oxygen atoms in total. The fourth-order valence-electron chi connectivity index (χ4n) is 4.07. The van der Waals surface area contributed by atoms with Crippen LogP contribution in [0.4, 0.5) is 0 Å². The lowest BCUT2D eigenvalue weighted by atomic mass is 9.83. The van der Waals surface area contributed by atoms with Crippen LogP contribution in [0.2, 0.25) is 0 Å². The number of rotatable bonds is 5. The largest absolute Gasteiger partial charge is 0.355 e. The van der Waals surface area contributed by atoms with Gasteiger partial charge in [-0.05, 0) is 48.6 Å². The number of imide groups is 1. The normalized spacial score (nSPS) is 18.0. The van der Waals surface area contributed by atoms with E-state index in [1.165, 1.54) is 11.1 Å². The summed E-state index contributed by atoms with van der Waals surface area (Å²) in [4.78, 5) is 38.4. The fourth-order valence-corrected chi connectivity index (χ4v) is 4.43. The van der Waals surface area contributed by atoms with Crippen LogP contribution in [0.1, 0.15) is 57.0 Å². The average molecular weight is 441 g/mol. The first-order chi connectivity index (χ1) is 13.5. The number of halogens is 1. The minimum atomic E-state index is -0.338. The van der Waals surface area contributed by atoms with Gasteiger partial charge in [-0.2, -0.15) is 0 Å². The summed E-state index contributed by atoms with van der Waals surface area (Å²) in [6, 6.07) is 13.4. The number of fused-ring (bicyclic) bond motifs is 2. The molecule has 1 aliphatic carbocycles. The summed E-state index contributed by atoms with van der Waals surface area (Å²) in [5.41, 5.74) is 3.47. The molecule has 1 aliphatic heterocycles. The number of hydrogen-bond donors (Lipinski definition) is 1. The lowest BCUT2D eigenvalue weighted by molar-refractivity contribution is -0.121. The van der Waals surface area contributed by atoms with Gasteiger partial charge in [-0.3, -0.25) is 19.3 Å². The van der Waals surface area contributed by atoms with Crippen molar-refractivity contribution in [1.29, 1.82) is 0 Å². The molecule has 6 heteroatoms. The molecule has 4 rings (SSSR count). The molecule has 144 valence electrons. The summed E-state index contributed by atoms with van der Waals surface area (Å²) < 4.78 is 0.750. The molecule has 2 aromatic rings. The van der Waals surface area contributed by atoms with E-state index in [0.29, 0.717) is 23.6 Å². The minimum Gasteiger partial charge on any atom is -0.355 e. The number of nitrogens with one attached hydrogen (secondary N) is 1. The highest BCUT2D eigenvalue weighted by molar-refractivity contribution is 9.10. The van der Waals surface area contributed by atoms with E-state index in [9.17, 15) is 14.4 Å². The molecule has 3 amide bonds. The summed E-state index contributed by atoms with van der Waals surface area (Å²) >= 11 is 3.32. The Hall–Kier alpha value is -2.47. The lowest BCUT2D eigenvalue weighted by Crippen LogP contribution is -2.36. The quantitative estimate of drug-likeness (QED) is 0.721. The number of carbonyl (C=O) groups is 3. The molecule has 0 saturated carbocycles. The SMILES string of the molecule is O=C(CCN1C(=O)c2ccc(Br)cc2C1=O)NCC1CCCc2ccccc21. The van der Waals surface area contributed by atoms with Gasteiger partial charge in [-0.1, -0.05) is 40.2 Å². The van der Waals surface area contributed by atoms with Crippen molar-refractivity contribution in [3.63, 3.8) is 0 Å². The Morgan fingerprint density at radius 1 is 1.11 bits per heavy atom. The molecule has 1 atom stereocenters. The van der Waals surface area contributed by atoms with Gasteiger partial charge in [0, 0.05) is 29.9 Å². The van der Waals surface area contributed by atoms with Crippen molar-refractivity contribution in [3.05, 3.63) is 69.2 Å². The summed E-state index contributed by atoms with van der Waals surface area (Å²) in [5, 5.41) is 2.98. The topological polar surface area (TPSA) is 66.5 Å². The standard InChI is InChI=1S/C22H21BrN2O3/c23-16-8-9-18-19(12-16)22(28)25(21(18)27)11-10-20(26)24-13-15-6-3-5-14-4-1-2-7-17(14)15/h1-2,4,7-9,12,15H,3,5-6,10-11,13H2,(H,24,26).